The Morgan fingerprint density at radius 2 is 2.08 bits per heavy atom. The molecule has 5 nitrogen and oxygen atoms in total. The van der Waals surface area contributed by atoms with Gasteiger partial charge in [0.05, 0.1) is 12.3 Å². The van der Waals surface area contributed by atoms with E-state index < -0.39 is 0 Å². The Balaban J connectivity index is 1.87. The highest BCUT2D eigenvalue weighted by Gasteiger charge is 2.38. The first kappa shape index (κ1) is 18.8. The molecule has 0 bridgehead atoms. The molecule has 0 aliphatic carbocycles. The lowest BCUT2D eigenvalue weighted by molar-refractivity contribution is 0.0661. The zero-order valence-electron chi connectivity index (χ0n) is 16.5. The normalized spacial score (nSPS) is 19.3. The van der Waals surface area contributed by atoms with E-state index >= 15 is 0 Å². The molecular formula is C21H32N4O. The second-order valence-corrected chi connectivity index (χ2v) is 7.65. The second-order valence-electron chi connectivity index (χ2n) is 7.65. The Hall–Kier alpha value is -2.01. The number of amidine groups is 1. The molecule has 1 atom stereocenters. The smallest absolute Gasteiger partial charge is 0.129 e. The highest BCUT2D eigenvalue weighted by molar-refractivity contribution is 6.06. The standard InChI is InChI=1S/C21H32N4O/c1-5-6-12-25-14-16-19-17(23-21(22)20(16)24(25)4)10-7-11-18(19)26-13-8-9-15(2)3/h7,10-11,14-15,20H,5-6,8-9,12-13H2,1-4H3,(H2,22,23). The van der Waals surface area contributed by atoms with Gasteiger partial charge in [0.2, 0.25) is 0 Å². The minimum atomic E-state index is -0.000213. The van der Waals surface area contributed by atoms with E-state index in [4.69, 9.17) is 10.5 Å². The summed E-state index contributed by atoms with van der Waals surface area (Å²) < 4.78 is 6.16. The number of hydrogen-bond donors (Lipinski definition) is 1. The fraction of sp³-hybridized carbons (Fsp3) is 0.571. The van der Waals surface area contributed by atoms with Crippen molar-refractivity contribution in [1.29, 1.82) is 0 Å². The molecule has 1 aromatic rings. The van der Waals surface area contributed by atoms with Gasteiger partial charge in [-0.05, 0) is 37.3 Å². The highest BCUT2D eigenvalue weighted by atomic mass is 16.5. The number of nitrogens with two attached hydrogens (primary N) is 1. The molecule has 2 aliphatic heterocycles. The third kappa shape index (κ3) is 3.73. The molecule has 26 heavy (non-hydrogen) atoms. The van der Waals surface area contributed by atoms with Crippen LogP contribution in [0.5, 0.6) is 5.75 Å². The minimum Gasteiger partial charge on any atom is -0.493 e. The summed E-state index contributed by atoms with van der Waals surface area (Å²) in [6.45, 7) is 8.44. The largest absolute Gasteiger partial charge is 0.493 e. The summed E-state index contributed by atoms with van der Waals surface area (Å²) in [5.74, 6) is 2.28. The number of ether oxygens (including phenoxy) is 1. The average molecular weight is 357 g/mol. The number of nitrogens with zero attached hydrogens (tertiary/aromatic N) is 3. The molecule has 0 saturated heterocycles. The maximum Gasteiger partial charge on any atom is 0.129 e. The van der Waals surface area contributed by atoms with Gasteiger partial charge in [0.15, 0.2) is 0 Å². The quantitative estimate of drug-likeness (QED) is 0.710. The van der Waals surface area contributed by atoms with Gasteiger partial charge in [0.1, 0.15) is 17.6 Å². The number of likely N-dealkylation sites (N-methyl/N-ethyl adjacent to an activating group) is 1. The lowest BCUT2D eigenvalue weighted by Gasteiger charge is -2.32. The fourth-order valence-corrected chi connectivity index (χ4v) is 3.66. The van der Waals surface area contributed by atoms with E-state index in [1.165, 1.54) is 18.4 Å². The topological polar surface area (TPSA) is 54.1 Å². The Labute approximate surface area is 157 Å². The van der Waals surface area contributed by atoms with Crippen molar-refractivity contribution in [2.45, 2.75) is 52.5 Å². The Morgan fingerprint density at radius 1 is 1.27 bits per heavy atom. The van der Waals surface area contributed by atoms with E-state index in [2.05, 4.69) is 55.1 Å². The van der Waals surface area contributed by atoms with Gasteiger partial charge in [-0.15, -0.1) is 0 Å². The molecule has 0 saturated carbocycles. The van der Waals surface area contributed by atoms with Crippen LogP contribution in [0.3, 0.4) is 0 Å². The van der Waals surface area contributed by atoms with Crippen molar-refractivity contribution in [1.82, 2.24) is 10.0 Å². The van der Waals surface area contributed by atoms with Crippen molar-refractivity contribution >= 4 is 17.1 Å². The molecule has 0 aromatic heterocycles. The highest BCUT2D eigenvalue weighted by Crippen LogP contribution is 2.44. The minimum absolute atomic E-state index is 0.000213. The van der Waals surface area contributed by atoms with E-state index in [0.29, 0.717) is 11.8 Å². The van der Waals surface area contributed by atoms with Crippen molar-refractivity contribution < 1.29 is 4.74 Å². The Kier molecular flexibility index (Phi) is 5.87. The van der Waals surface area contributed by atoms with Crippen LogP contribution in [0.25, 0.3) is 5.57 Å². The molecule has 1 aromatic carbocycles. The molecule has 5 heteroatoms. The third-order valence-corrected chi connectivity index (χ3v) is 5.11. The van der Waals surface area contributed by atoms with Crippen LogP contribution in [0, 0.1) is 5.92 Å². The molecule has 0 amide bonds. The van der Waals surface area contributed by atoms with Gasteiger partial charge >= 0.3 is 0 Å². The number of rotatable bonds is 8. The average Bonchev–Trinajstić information content (AvgIpc) is 2.94. The number of hydrazine groups is 1. The summed E-state index contributed by atoms with van der Waals surface area (Å²) in [5, 5.41) is 4.46. The van der Waals surface area contributed by atoms with Crippen LogP contribution in [-0.4, -0.2) is 42.1 Å². The summed E-state index contributed by atoms with van der Waals surface area (Å²) >= 11 is 0. The molecule has 0 spiro atoms. The predicted octanol–water partition coefficient (Wildman–Crippen LogP) is 4.18. The van der Waals surface area contributed by atoms with Gasteiger partial charge in [0, 0.05) is 30.9 Å². The van der Waals surface area contributed by atoms with Crippen LogP contribution in [0.4, 0.5) is 5.69 Å². The third-order valence-electron chi connectivity index (χ3n) is 5.11. The first-order chi connectivity index (χ1) is 12.5. The maximum absolute atomic E-state index is 6.32. The van der Waals surface area contributed by atoms with Crippen molar-refractivity contribution in [3.05, 3.63) is 30.0 Å². The van der Waals surface area contributed by atoms with Crippen LogP contribution >= 0.6 is 0 Å². The number of benzene rings is 1. The van der Waals surface area contributed by atoms with Crippen LogP contribution in [0.15, 0.2) is 29.4 Å². The number of fused-ring (bicyclic) bond motifs is 3. The van der Waals surface area contributed by atoms with E-state index in [-0.39, 0.29) is 6.04 Å². The Bertz CT molecular complexity index is 695. The van der Waals surface area contributed by atoms with Gasteiger partial charge in [-0.25, -0.2) is 10.0 Å². The molecule has 142 valence electrons. The monoisotopic (exact) mass is 356 g/mol. The zero-order valence-corrected chi connectivity index (χ0v) is 16.5. The van der Waals surface area contributed by atoms with Crippen molar-refractivity contribution in [3.63, 3.8) is 0 Å². The molecule has 2 aliphatic rings. The molecule has 2 heterocycles. The summed E-state index contributed by atoms with van der Waals surface area (Å²) in [6.07, 6.45) is 6.79. The van der Waals surface area contributed by atoms with Crippen LogP contribution in [0.1, 0.15) is 52.0 Å². The summed E-state index contributed by atoms with van der Waals surface area (Å²) in [7, 11) is 2.09. The summed E-state index contributed by atoms with van der Waals surface area (Å²) in [4.78, 5) is 4.68. The molecular weight excluding hydrogens is 324 g/mol. The maximum atomic E-state index is 6.32. The van der Waals surface area contributed by atoms with Gasteiger partial charge in [-0.1, -0.05) is 33.3 Å². The van der Waals surface area contributed by atoms with E-state index in [9.17, 15) is 0 Å². The fourth-order valence-electron chi connectivity index (χ4n) is 3.66. The lowest BCUT2D eigenvalue weighted by atomic mass is 9.94. The first-order valence-corrected chi connectivity index (χ1v) is 9.84. The van der Waals surface area contributed by atoms with Gasteiger partial charge in [-0.2, -0.15) is 0 Å². The Morgan fingerprint density at radius 3 is 2.81 bits per heavy atom. The van der Waals surface area contributed by atoms with Crippen LogP contribution < -0.4 is 10.5 Å². The second kappa shape index (κ2) is 8.12. The zero-order chi connectivity index (χ0) is 18.7. The summed E-state index contributed by atoms with van der Waals surface area (Å²) in [5.41, 5.74) is 9.53. The van der Waals surface area contributed by atoms with Crippen molar-refractivity contribution in [2.24, 2.45) is 16.6 Å². The lowest BCUT2D eigenvalue weighted by Crippen LogP contribution is -2.46. The molecule has 1 unspecified atom stereocenters. The first-order valence-electron chi connectivity index (χ1n) is 9.84. The van der Waals surface area contributed by atoms with Crippen molar-refractivity contribution in [2.75, 3.05) is 20.2 Å². The van der Waals surface area contributed by atoms with E-state index in [1.807, 2.05) is 12.1 Å². The SMILES string of the molecule is CCCCN1C=C2c3c(cccc3OCCCC(C)C)N=C(N)C2N1C. The molecule has 3 rings (SSSR count). The summed E-state index contributed by atoms with van der Waals surface area (Å²) in [6, 6.07) is 6.08. The number of hydrogen-bond acceptors (Lipinski definition) is 5. The van der Waals surface area contributed by atoms with Crippen LogP contribution in [0.2, 0.25) is 0 Å². The van der Waals surface area contributed by atoms with E-state index in [0.717, 1.165) is 43.0 Å². The van der Waals surface area contributed by atoms with Gasteiger partial charge < -0.3 is 15.5 Å². The molecule has 0 fully saturated rings. The van der Waals surface area contributed by atoms with E-state index in [1.54, 1.807) is 0 Å². The molecule has 2 N–H and O–H groups in total. The van der Waals surface area contributed by atoms with Crippen LogP contribution in [-0.2, 0) is 0 Å². The predicted molar refractivity (Wildman–Crippen MR) is 108 cm³/mol. The van der Waals surface area contributed by atoms with Crippen molar-refractivity contribution in [3.8, 4) is 5.75 Å². The van der Waals surface area contributed by atoms with Gasteiger partial charge in [0.25, 0.3) is 0 Å². The number of aliphatic imine (C=N–C) groups is 1. The number of unbranched alkanes of at least 4 members (excludes halogenated alkanes) is 1. The molecule has 0 radical (unpaired) electrons. The van der Waals surface area contributed by atoms with Gasteiger partial charge in [-0.3, -0.25) is 0 Å².